The molecule has 0 saturated carbocycles. The summed E-state index contributed by atoms with van der Waals surface area (Å²) in [5, 5.41) is 14.9. The Morgan fingerprint density at radius 3 is 1.38 bits per heavy atom. The third kappa shape index (κ3) is 17.6. The maximum atomic E-state index is 12.6. The number of hydrogen-bond acceptors (Lipinski definition) is 3. The van der Waals surface area contributed by atoms with Crippen LogP contribution in [0, 0.1) is 5.92 Å². The first-order chi connectivity index (χ1) is 16.1. The molecule has 1 amide bonds. The summed E-state index contributed by atoms with van der Waals surface area (Å²) >= 11 is 0. The Labute approximate surface area is 213 Å². The van der Waals surface area contributed by atoms with Crippen LogP contribution in [0.2, 0.25) is 0 Å². The maximum absolute atomic E-state index is 12.6. The van der Waals surface area contributed by atoms with Crippen molar-refractivity contribution < 1.29 is 14.6 Å². The largest absolute Gasteiger partial charge is 0.444 e. The van der Waals surface area contributed by atoms with Gasteiger partial charge in [0.05, 0.1) is 11.6 Å². The zero-order valence-corrected chi connectivity index (χ0v) is 24.1. The predicted octanol–water partition coefficient (Wildman–Crippen LogP) is 9.33. The summed E-state index contributed by atoms with van der Waals surface area (Å²) in [4.78, 5) is 12.6. The van der Waals surface area contributed by atoms with Gasteiger partial charge >= 0.3 is 6.09 Å². The molecule has 4 heteroatoms. The predicted molar refractivity (Wildman–Crippen MR) is 147 cm³/mol. The van der Waals surface area contributed by atoms with Gasteiger partial charge in [0.1, 0.15) is 5.60 Å². The van der Waals surface area contributed by atoms with Crippen molar-refractivity contribution in [3.05, 3.63) is 0 Å². The Kier molecular flexibility index (Phi) is 19.0. The van der Waals surface area contributed by atoms with E-state index in [0.717, 1.165) is 38.5 Å². The summed E-state index contributed by atoms with van der Waals surface area (Å²) in [7, 11) is 0. The minimum absolute atomic E-state index is 0.139. The molecule has 0 saturated heterocycles. The van der Waals surface area contributed by atoms with Crippen molar-refractivity contribution in [2.45, 2.75) is 181 Å². The van der Waals surface area contributed by atoms with Crippen LogP contribution in [0.15, 0.2) is 0 Å². The van der Waals surface area contributed by atoms with E-state index in [2.05, 4.69) is 33.0 Å². The Balaban J connectivity index is 4.86. The number of carbonyl (C=O) groups excluding carboxylic acids is 1. The molecule has 204 valence electrons. The quantitative estimate of drug-likeness (QED) is 0.160. The molecular weight excluding hydrogens is 422 g/mol. The van der Waals surface area contributed by atoms with Crippen molar-refractivity contribution >= 4 is 6.09 Å². The summed E-state index contributed by atoms with van der Waals surface area (Å²) in [6.45, 7) is 14.3. The maximum Gasteiger partial charge on any atom is 0.407 e. The van der Waals surface area contributed by atoms with Gasteiger partial charge in [-0.05, 0) is 39.5 Å². The third-order valence-corrected chi connectivity index (χ3v) is 6.84. The number of rotatable bonds is 21. The van der Waals surface area contributed by atoms with E-state index in [4.69, 9.17) is 4.74 Å². The minimum atomic E-state index is -0.879. The lowest BCUT2D eigenvalue weighted by molar-refractivity contribution is -0.0368. The van der Waals surface area contributed by atoms with Gasteiger partial charge in [0.25, 0.3) is 0 Å². The first kappa shape index (κ1) is 33.2. The fourth-order valence-electron chi connectivity index (χ4n) is 4.92. The molecule has 0 aliphatic rings. The van der Waals surface area contributed by atoms with Crippen LogP contribution in [0.4, 0.5) is 4.79 Å². The van der Waals surface area contributed by atoms with Crippen LogP contribution in [-0.4, -0.2) is 28.4 Å². The molecule has 0 aliphatic heterocycles. The highest BCUT2D eigenvalue weighted by molar-refractivity contribution is 5.68. The van der Waals surface area contributed by atoms with Gasteiger partial charge in [-0.1, -0.05) is 130 Å². The minimum Gasteiger partial charge on any atom is -0.444 e. The fourth-order valence-corrected chi connectivity index (χ4v) is 4.92. The van der Waals surface area contributed by atoms with Crippen molar-refractivity contribution in [2.75, 3.05) is 0 Å². The van der Waals surface area contributed by atoms with E-state index in [9.17, 15) is 9.90 Å². The topological polar surface area (TPSA) is 58.6 Å². The molecule has 0 unspecified atom stereocenters. The molecule has 0 bridgehead atoms. The lowest BCUT2D eigenvalue weighted by Gasteiger charge is -2.40. The second-order valence-electron chi connectivity index (χ2n) is 11.9. The number of nitrogens with one attached hydrogen (secondary N) is 1. The molecule has 0 aromatic carbocycles. The van der Waals surface area contributed by atoms with Gasteiger partial charge in [-0.3, -0.25) is 0 Å². The van der Waals surface area contributed by atoms with Crippen molar-refractivity contribution in [3.63, 3.8) is 0 Å². The van der Waals surface area contributed by atoms with Crippen LogP contribution < -0.4 is 5.32 Å². The molecule has 4 nitrogen and oxygen atoms in total. The highest BCUT2D eigenvalue weighted by Gasteiger charge is 2.39. The van der Waals surface area contributed by atoms with Gasteiger partial charge in [-0.2, -0.15) is 0 Å². The van der Waals surface area contributed by atoms with Gasteiger partial charge in [0.2, 0.25) is 0 Å². The van der Waals surface area contributed by atoms with Crippen molar-refractivity contribution in [1.82, 2.24) is 5.32 Å². The Hall–Kier alpha value is -0.770. The van der Waals surface area contributed by atoms with Crippen molar-refractivity contribution in [3.8, 4) is 0 Å². The van der Waals surface area contributed by atoms with E-state index in [1.54, 1.807) is 0 Å². The third-order valence-electron chi connectivity index (χ3n) is 6.84. The number of alkyl carbamates (subject to hydrolysis) is 1. The monoisotopic (exact) mass is 483 g/mol. The first-order valence-electron chi connectivity index (χ1n) is 14.8. The van der Waals surface area contributed by atoms with Crippen LogP contribution in [-0.2, 0) is 4.74 Å². The van der Waals surface area contributed by atoms with E-state index in [-0.39, 0.29) is 12.0 Å². The molecule has 0 heterocycles. The van der Waals surface area contributed by atoms with E-state index >= 15 is 0 Å². The Bertz CT molecular complexity index is 464. The molecule has 0 spiro atoms. The zero-order valence-electron chi connectivity index (χ0n) is 24.1. The lowest BCUT2D eigenvalue weighted by Crippen LogP contribution is -2.56. The molecule has 0 aliphatic carbocycles. The SMILES string of the molecule is CCCCCCCCCCC(O)(CCCCCCCCCC)[C@@H](NC(=O)OC(C)(C)C)C(C)C. The lowest BCUT2D eigenvalue weighted by atomic mass is 9.78. The first-order valence-corrected chi connectivity index (χ1v) is 14.8. The molecule has 34 heavy (non-hydrogen) atoms. The number of aliphatic hydroxyl groups is 1. The summed E-state index contributed by atoms with van der Waals surface area (Å²) in [6.07, 6.45) is 21.1. The normalized spacial score (nSPS) is 13.3. The Morgan fingerprint density at radius 2 is 1.06 bits per heavy atom. The molecule has 0 fully saturated rings. The Morgan fingerprint density at radius 1 is 0.706 bits per heavy atom. The van der Waals surface area contributed by atoms with Gasteiger partial charge < -0.3 is 15.2 Å². The van der Waals surface area contributed by atoms with Crippen molar-refractivity contribution in [1.29, 1.82) is 0 Å². The van der Waals surface area contributed by atoms with Gasteiger partial charge in [0, 0.05) is 0 Å². The number of amides is 1. The number of unbranched alkanes of at least 4 members (excludes halogenated alkanes) is 14. The smallest absolute Gasteiger partial charge is 0.407 e. The van der Waals surface area contributed by atoms with Crippen molar-refractivity contribution in [2.24, 2.45) is 5.92 Å². The average Bonchev–Trinajstić information content (AvgIpc) is 2.74. The molecule has 0 aromatic rings. The molecule has 0 aromatic heterocycles. The van der Waals surface area contributed by atoms with Crippen LogP contribution in [0.1, 0.15) is 164 Å². The van der Waals surface area contributed by atoms with Crippen LogP contribution in [0.3, 0.4) is 0 Å². The van der Waals surface area contributed by atoms with Gasteiger partial charge in [-0.15, -0.1) is 0 Å². The molecule has 2 N–H and O–H groups in total. The van der Waals surface area contributed by atoms with Gasteiger partial charge in [0.15, 0.2) is 0 Å². The highest BCUT2D eigenvalue weighted by Crippen LogP contribution is 2.31. The summed E-state index contributed by atoms with van der Waals surface area (Å²) < 4.78 is 5.53. The van der Waals surface area contributed by atoms with Crippen LogP contribution in [0.5, 0.6) is 0 Å². The second-order valence-corrected chi connectivity index (χ2v) is 11.9. The van der Waals surface area contributed by atoms with Gasteiger partial charge in [-0.25, -0.2) is 4.79 Å². The zero-order chi connectivity index (χ0) is 25.9. The summed E-state index contributed by atoms with van der Waals surface area (Å²) in [6, 6.07) is -0.295. The molecule has 1 atom stereocenters. The molecule has 0 radical (unpaired) electrons. The van der Waals surface area contributed by atoms with E-state index in [1.807, 2.05) is 20.8 Å². The fraction of sp³-hybridized carbons (Fsp3) is 0.967. The molecular formula is C30H61NO3. The van der Waals surface area contributed by atoms with E-state index in [0.29, 0.717) is 0 Å². The number of carbonyl (C=O) groups is 1. The van der Waals surface area contributed by atoms with E-state index < -0.39 is 17.3 Å². The van der Waals surface area contributed by atoms with E-state index in [1.165, 1.54) is 77.0 Å². The van der Waals surface area contributed by atoms with Crippen LogP contribution in [0.25, 0.3) is 0 Å². The average molecular weight is 484 g/mol. The highest BCUT2D eigenvalue weighted by atomic mass is 16.6. The van der Waals surface area contributed by atoms with Crippen LogP contribution >= 0.6 is 0 Å². The number of hydrogen-bond donors (Lipinski definition) is 2. The standard InChI is InChI=1S/C30H61NO3/c1-8-10-12-14-16-18-20-22-24-30(33,25-23-21-19-17-15-13-11-9-2)27(26(3)4)31-28(32)34-29(5,6)7/h26-27,33H,8-25H2,1-7H3,(H,31,32)/t27-/m0/s1. The summed E-state index contributed by atoms with van der Waals surface area (Å²) in [5.41, 5.74) is -1.42. The molecule has 0 rings (SSSR count). The number of ether oxygens (including phenoxy) is 1. The second kappa shape index (κ2) is 19.4. The summed E-state index contributed by atoms with van der Waals surface area (Å²) in [5.74, 6) is 0.139.